The van der Waals surface area contributed by atoms with Crippen molar-refractivity contribution in [2.24, 2.45) is 0 Å². The highest BCUT2D eigenvalue weighted by Gasteiger charge is 2.20. The smallest absolute Gasteiger partial charge is 0.311 e. The van der Waals surface area contributed by atoms with Crippen LogP contribution >= 0.6 is 0 Å². The van der Waals surface area contributed by atoms with E-state index in [1.54, 1.807) is 13.0 Å². The lowest BCUT2D eigenvalue weighted by Gasteiger charge is -2.23. The van der Waals surface area contributed by atoms with Crippen molar-refractivity contribution in [2.75, 3.05) is 5.32 Å². The number of hydrogen-bond donors (Lipinski definition) is 1. The van der Waals surface area contributed by atoms with E-state index in [0.29, 0.717) is 17.9 Å². The normalized spacial score (nSPS) is 11.6. The molecule has 1 N–H and O–H groups in total. The highest BCUT2D eigenvalue weighted by Crippen LogP contribution is 2.46. The Kier molecular flexibility index (Phi) is 2.83. The Morgan fingerprint density at radius 2 is 1.95 bits per heavy atom. The van der Waals surface area contributed by atoms with Gasteiger partial charge in [0.2, 0.25) is 0 Å². The molecule has 0 aliphatic carbocycles. The zero-order valence-corrected chi connectivity index (χ0v) is 10.5. The summed E-state index contributed by atoms with van der Waals surface area (Å²) < 4.78 is 11.1. The Hall–Kier alpha value is -2.49. The molecular formula is C15H13NO3. The minimum atomic E-state index is -0.282. The maximum Gasteiger partial charge on any atom is 0.311 e. The SMILES string of the molecule is CCC(=O)Oc1cccc2c1Oc1ccccc1N2. The Balaban J connectivity index is 1.99. The van der Waals surface area contributed by atoms with Crippen molar-refractivity contribution in [3.63, 3.8) is 0 Å². The molecular weight excluding hydrogens is 242 g/mol. The quantitative estimate of drug-likeness (QED) is 0.558. The van der Waals surface area contributed by atoms with E-state index in [2.05, 4.69) is 5.32 Å². The zero-order valence-electron chi connectivity index (χ0n) is 10.5. The first-order valence-corrected chi connectivity index (χ1v) is 6.15. The summed E-state index contributed by atoms with van der Waals surface area (Å²) >= 11 is 0. The first-order valence-electron chi connectivity index (χ1n) is 6.15. The third-order valence-electron chi connectivity index (χ3n) is 2.86. The molecule has 1 aliphatic rings. The van der Waals surface area contributed by atoms with Crippen molar-refractivity contribution >= 4 is 17.3 Å². The van der Waals surface area contributed by atoms with Gasteiger partial charge in [-0.25, -0.2) is 0 Å². The number of hydrogen-bond acceptors (Lipinski definition) is 4. The van der Waals surface area contributed by atoms with E-state index in [9.17, 15) is 4.79 Å². The van der Waals surface area contributed by atoms with Crippen LogP contribution in [0.15, 0.2) is 42.5 Å². The van der Waals surface area contributed by atoms with Gasteiger partial charge in [-0.1, -0.05) is 25.1 Å². The number of para-hydroxylation sites is 3. The molecule has 0 unspecified atom stereocenters. The van der Waals surface area contributed by atoms with E-state index >= 15 is 0 Å². The van der Waals surface area contributed by atoms with Crippen LogP contribution in [0.3, 0.4) is 0 Å². The molecule has 4 nitrogen and oxygen atoms in total. The molecule has 3 rings (SSSR count). The van der Waals surface area contributed by atoms with Crippen LogP contribution in [-0.4, -0.2) is 5.97 Å². The van der Waals surface area contributed by atoms with E-state index in [1.165, 1.54) is 0 Å². The van der Waals surface area contributed by atoms with Crippen molar-refractivity contribution in [3.8, 4) is 17.2 Å². The Labute approximate surface area is 111 Å². The van der Waals surface area contributed by atoms with Gasteiger partial charge in [0.05, 0.1) is 11.4 Å². The molecule has 0 atom stereocenters. The van der Waals surface area contributed by atoms with Crippen molar-refractivity contribution in [2.45, 2.75) is 13.3 Å². The van der Waals surface area contributed by atoms with Gasteiger partial charge in [0.25, 0.3) is 0 Å². The number of benzene rings is 2. The minimum absolute atomic E-state index is 0.282. The summed E-state index contributed by atoms with van der Waals surface area (Å²) in [5.41, 5.74) is 1.69. The van der Waals surface area contributed by atoms with Gasteiger partial charge in [0.1, 0.15) is 0 Å². The van der Waals surface area contributed by atoms with Crippen LogP contribution in [-0.2, 0) is 4.79 Å². The van der Waals surface area contributed by atoms with Gasteiger partial charge in [0, 0.05) is 6.42 Å². The van der Waals surface area contributed by atoms with Gasteiger partial charge >= 0.3 is 5.97 Å². The highest BCUT2D eigenvalue weighted by atomic mass is 16.6. The maximum absolute atomic E-state index is 11.4. The van der Waals surface area contributed by atoms with Crippen LogP contribution < -0.4 is 14.8 Å². The molecule has 96 valence electrons. The third-order valence-corrected chi connectivity index (χ3v) is 2.86. The number of carbonyl (C=O) groups is 1. The lowest BCUT2D eigenvalue weighted by molar-refractivity contribution is -0.134. The number of carbonyl (C=O) groups excluding carboxylic acids is 1. The number of rotatable bonds is 2. The lowest BCUT2D eigenvalue weighted by Crippen LogP contribution is -2.09. The molecule has 0 radical (unpaired) electrons. The molecule has 0 amide bonds. The summed E-state index contributed by atoms with van der Waals surface area (Å²) in [6.45, 7) is 1.76. The van der Waals surface area contributed by atoms with Gasteiger partial charge in [0.15, 0.2) is 17.2 Å². The standard InChI is InChI=1S/C15H13NO3/c1-2-14(17)18-13-9-5-7-11-15(13)19-12-8-4-3-6-10(12)16-11/h3-9,16H,2H2,1H3. The molecule has 0 saturated heterocycles. The molecule has 19 heavy (non-hydrogen) atoms. The first-order chi connectivity index (χ1) is 9.28. The summed E-state index contributed by atoms with van der Waals surface area (Å²) in [5, 5.41) is 3.26. The molecule has 0 saturated carbocycles. The number of fused-ring (bicyclic) bond motifs is 2. The maximum atomic E-state index is 11.4. The fourth-order valence-electron chi connectivity index (χ4n) is 1.91. The largest absolute Gasteiger partial charge is 0.449 e. The monoisotopic (exact) mass is 255 g/mol. The minimum Gasteiger partial charge on any atom is -0.449 e. The van der Waals surface area contributed by atoms with Crippen molar-refractivity contribution in [1.82, 2.24) is 0 Å². The number of nitrogens with one attached hydrogen (secondary N) is 1. The molecule has 4 heteroatoms. The number of esters is 1. The lowest BCUT2D eigenvalue weighted by atomic mass is 10.2. The zero-order chi connectivity index (χ0) is 13.2. The fraction of sp³-hybridized carbons (Fsp3) is 0.133. The molecule has 0 fully saturated rings. The first kappa shape index (κ1) is 11.6. The average Bonchev–Trinajstić information content (AvgIpc) is 2.45. The second kappa shape index (κ2) is 4.65. The van der Waals surface area contributed by atoms with Gasteiger partial charge < -0.3 is 14.8 Å². The number of ether oxygens (including phenoxy) is 2. The van der Waals surface area contributed by atoms with E-state index in [-0.39, 0.29) is 5.97 Å². The van der Waals surface area contributed by atoms with E-state index in [0.717, 1.165) is 17.1 Å². The van der Waals surface area contributed by atoms with Crippen LogP contribution in [0.5, 0.6) is 17.2 Å². The Morgan fingerprint density at radius 1 is 1.16 bits per heavy atom. The van der Waals surface area contributed by atoms with Crippen LogP contribution in [0, 0.1) is 0 Å². The summed E-state index contributed by atoms with van der Waals surface area (Å²) in [7, 11) is 0. The van der Waals surface area contributed by atoms with E-state index < -0.39 is 0 Å². The Bertz CT molecular complexity index is 637. The number of anilines is 2. The molecule has 2 aromatic rings. The van der Waals surface area contributed by atoms with E-state index in [4.69, 9.17) is 9.47 Å². The van der Waals surface area contributed by atoms with Crippen molar-refractivity contribution in [1.29, 1.82) is 0 Å². The van der Waals surface area contributed by atoms with Crippen LogP contribution in [0.4, 0.5) is 11.4 Å². The van der Waals surface area contributed by atoms with Crippen LogP contribution in [0.2, 0.25) is 0 Å². The average molecular weight is 255 g/mol. The molecule has 0 bridgehead atoms. The van der Waals surface area contributed by atoms with Crippen LogP contribution in [0.1, 0.15) is 13.3 Å². The van der Waals surface area contributed by atoms with Gasteiger partial charge in [-0.2, -0.15) is 0 Å². The van der Waals surface area contributed by atoms with Crippen LogP contribution in [0.25, 0.3) is 0 Å². The summed E-state index contributed by atoms with van der Waals surface area (Å²) in [6, 6.07) is 13.1. The molecule has 0 aromatic heterocycles. The molecule has 0 spiro atoms. The van der Waals surface area contributed by atoms with Crippen molar-refractivity contribution in [3.05, 3.63) is 42.5 Å². The highest BCUT2D eigenvalue weighted by molar-refractivity contribution is 5.80. The predicted octanol–water partition coefficient (Wildman–Crippen LogP) is 3.85. The summed E-state index contributed by atoms with van der Waals surface area (Å²) in [4.78, 5) is 11.4. The summed E-state index contributed by atoms with van der Waals surface area (Å²) in [6.07, 6.45) is 0.327. The van der Waals surface area contributed by atoms with Gasteiger partial charge in [-0.15, -0.1) is 0 Å². The topological polar surface area (TPSA) is 47.6 Å². The molecule has 1 aliphatic heterocycles. The molecule has 1 heterocycles. The Morgan fingerprint density at radius 3 is 2.79 bits per heavy atom. The van der Waals surface area contributed by atoms with E-state index in [1.807, 2.05) is 36.4 Å². The third kappa shape index (κ3) is 2.12. The predicted molar refractivity (Wildman–Crippen MR) is 72.2 cm³/mol. The fourth-order valence-corrected chi connectivity index (χ4v) is 1.91. The summed E-state index contributed by atoms with van der Waals surface area (Å²) in [5.74, 6) is 1.42. The second-order valence-electron chi connectivity index (χ2n) is 4.18. The molecule has 2 aromatic carbocycles. The van der Waals surface area contributed by atoms with Crippen molar-refractivity contribution < 1.29 is 14.3 Å². The second-order valence-corrected chi connectivity index (χ2v) is 4.18. The van der Waals surface area contributed by atoms with Gasteiger partial charge in [-0.3, -0.25) is 4.79 Å². The van der Waals surface area contributed by atoms with Gasteiger partial charge in [-0.05, 0) is 24.3 Å².